The van der Waals surface area contributed by atoms with Crippen LogP contribution in [0.4, 0.5) is 0 Å². The molecule has 0 radical (unpaired) electrons. The third-order valence-corrected chi connectivity index (χ3v) is 4.05. The van der Waals surface area contributed by atoms with E-state index < -0.39 is 0 Å². The van der Waals surface area contributed by atoms with E-state index in [9.17, 15) is 5.11 Å². The summed E-state index contributed by atoms with van der Waals surface area (Å²) in [6.07, 6.45) is 4.25. The second-order valence-electron chi connectivity index (χ2n) is 6.63. The van der Waals surface area contributed by atoms with Gasteiger partial charge in [-0.1, -0.05) is 26.0 Å². The topological polar surface area (TPSA) is 41.9 Å². The van der Waals surface area contributed by atoms with Gasteiger partial charge in [0.1, 0.15) is 0 Å². The highest BCUT2D eigenvalue weighted by atomic mass is 16.5. The molecule has 0 aromatic heterocycles. The van der Waals surface area contributed by atoms with Crippen molar-refractivity contribution in [1.82, 2.24) is 4.90 Å². The van der Waals surface area contributed by atoms with Crippen LogP contribution in [0.25, 0.3) is 0 Å². The minimum atomic E-state index is -0.324. The molecule has 0 unspecified atom stereocenters. The maximum Gasteiger partial charge on any atom is 0.161 e. The van der Waals surface area contributed by atoms with Crippen LogP contribution in [0.2, 0.25) is 0 Å². The molecule has 0 aliphatic heterocycles. The molecule has 0 amide bonds. The van der Waals surface area contributed by atoms with Crippen LogP contribution >= 0.6 is 0 Å². The molecule has 0 bridgehead atoms. The SMILES string of the molecule is C=CCC[C@@H](O)CN(CCC(C)C)Cc1ccc(OC)c(OC)c1. The Bertz CT molecular complexity index is 488. The van der Waals surface area contributed by atoms with Gasteiger partial charge in [-0.3, -0.25) is 4.90 Å². The van der Waals surface area contributed by atoms with Gasteiger partial charge >= 0.3 is 0 Å². The lowest BCUT2D eigenvalue weighted by Crippen LogP contribution is -2.33. The molecule has 1 aromatic rings. The number of hydrogen-bond donors (Lipinski definition) is 1. The number of nitrogens with zero attached hydrogens (tertiary/aromatic N) is 1. The number of hydrogen-bond acceptors (Lipinski definition) is 4. The molecule has 1 atom stereocenters. The van der Waals surface area contributed by atoms with Gasteiger partial charge in [-0.15, -0.1) is 6.58 Å². The van der Waals surface area contributed by atoms with Crippen molar-refractivity contribution in [3.63, 3.8) is 0 Å². The molecule has 0 heterocycles. The summed E-state index contributed by atoms with van der Waals surface area (Å²) in [5.41, 5.74) is 1.16. The number of benzene rings is 1. The molecule has 4 nitrogen and oxygen atoms in total. The summed E-state index contributed by atoms with van der Waals surface area (Å²) in [5, 5.41) is 10.2. The van der Waals surface area contributed by atoms with Crippen molar-refractivity contribution in [1.29, 1.82) is 0 Å². The van der Waals surface area contributed by atoms with E-state index in [0.717, 1.165) is 49.4 Å². The molecule has 0 fully saturated rings. The minimum absolute atomic E-state index is 0.324. The summed E-state index contributed by atoms with van der Waals surface area (Å²) in [4.78, 5) is 2.31. The molecule has 24 heavy (non-hydrogen) atoms. The van der Waals surface area contributed by atoms with Crippen molar-refractivity contribution in [2.24, 2.45) is 5.92 Å². The lowest BCUT2D eigenvalue weighted by Gasteiger charge is -2.26. The van der Waals surface area contributed by atoms with Gasteiger partial charge in [0.15, 0.2) is 11.5 Å². The standard InChI is InChI=1S/C20H33NO3/c1-6-7-8-18(22)15-21(12-11-16(2)3)14-17-9-10-19(23-4)20(13-17)24-5/h6,9-10,13,16,18,22H,1,7-8,11-12,14-15H2,2-5H3/t18-/m1/s1. The number of methoxy groups -OCH3 is 2. The maximum absolute atomic E-state index is 10.2. The highest BCUT2D eigenvalue weighted by molar-refractivity contribution is 5.42. The van der Waals surface area contributed by atoms with Crippen LogP contribution < -0.4 is 9.47 Å². The molecular formula is C20H33NO3. The van der Waals surface area contributed by atoms with Crippen molar-refractivity contribution < 1.29 is 14.6 Å². The maximum atomic E-state index is 10.2. The van der Waals surface area contributed by atoms with E-state index >= 15 is 0 Å². The van der Waals surface area contributed by atoms with E-state index in [4.69, 9.17) is 9.47 Å². The van der Waals surface area contributed by atoms with Gasteiger partial charge in [-0.25, -0.2) is 0 Å². The van der Waals surface area contributed by atoms with Crippen LogP contribution in [-0.2, 0) is 6.54 Å². The van der Waals surface area contributed by atoms with Crippen LogP contribution in [0, 0.1) is 5.92 Å². The first-order chi connectivity index (χ1) is 11.5. The van der Waals surface area contributed by atoms with Crippen molar-refractivity contribution in [2.45, 2.75) is 45.8 Å². The van der Waals surface area contributed by atoms with E-state index in [2.05, 4.69) is 31.4 Å². The first kappa shape index (κ1) is 20.5. The smallest absolute Gasteiger partial charge is 0.161 e. The fourth-order valence-electron chi connectivity index (χ4n) is 2.61. The Morgan fingerprint density at radius 1 is 1.17 bits per heavy atom. The van der Waals surface area contributed by atoms with Crippen molar-refractivity contribution >= 4 is 0 Å². The first-order valence-electron chi connectivity index (χ1n) is 8.72. The van der Waals surface area contributed by atoms with Crippen LogP contribution in [0.15, 0.2) is 30.9 Å². The Morgan fingerprint density at radius 3 is 2.46 bits per heavy atom. The predicted molar refractivity (Wildman–Crippen MR) is 99.7 cm³/mol. The average molecular weight is 335 g/mol. The molecule has 0 aliphatic rings. The third kappa shape index (κ3) is 7.37. The van der Waals surface area contributed by atoms with E-state index in [-0.39, 0.29) is 6.10 Å². The molecule has 0 spiro atoms. The number of rotatable bonds is 12. The number of allylic oxidation sites excluding steroid dienone is 1. The average Bonchev–Trinajstić information content (AvgIpc) is 2.57. The largest absolute Gasteiger partial charge is 0.493 e. The fourth-order valence-corrected chi connectivity index (χ4v) is 2.61. The van der Waals surface area contributed by atoms with Crippen molar-refractivity contribution in [3.05, 3.63) is 36.4 Å². The van der Waals surface area contributed by atoms with Gasteiger partial charge in [0, 0.05) is 13.1 Å². The van der Waals surface area contributed by atoms with Crippen LogP contribution in [0.5, 0.6) is 11.5 Å². The summed E-state index contributed by atoms with van der Waals surface area (Å²) in [5.74, 6) is 2.12. The molecule has 0 saturated carbocycles. The van der Waals surface area contributed by atoms with E-state index in [1.54, 1.807) is 14.2 Å². The second-order valence-corrected chi connectivity index (χ2v) is 6.63. The normalized spacial score (nSPS) is 12.5. The number of aliphatic hydroxyl groups excluding tert-OH is 1. The minimum Gasteiger partial charge on any atom is -0.493 e. The quantitative estimate of drug-likeness (QED) is 0.589. The Hall–Kier alpha value is -1.52. The molecule has 1 aromatic carbocycles. The van der Waals surface area contributed by atoms with Crippen molar-refractivity contribution in [3.8, 4) is 11.5 Å². The van der Waals surface area contributed by atoms with Gasteiger partial charge in [0.25, 0.3) is 0 Å². The Morgan fingerprint density at radius 2 is 1.88 bits per heavy atom. The molecule has 1 N–H and O–H groups in total. The van der Waals surface area contributed by atoms with Crippen molar-refractivity contribution in [2.75, 3.05) is 27.3 Å². The summed E-state index contributed by atoms with van der Waals surface area (Å²) >= 11 is 0. The second kappa shape index (κ2) is 11.1. The highest BCUT2D eigenvalue weighted by Crippen LogP contribution is 2.28. The van der Waals surface area contributed by atoms with Crippen LogP contribution in [0.1, 0.15) is 38.7 Å². The zero-order chi connectivity index (χ0) is 17.9. The Labute approximate surface area is 147 Å². The van der Waals surface area contributed by atoms with Gasteiger partial charge in [0.2, 0.25) is 0 Å². The molecule has 0 saturated heterocycles. The number of ether oxygens (including phenoxy) is 2. The van der Waals surface area contributed by atoms with Gasteiger partial charge < -0.3 is 14.6 Å². The van der Waals surface area contributed by atoms with E-state index in [1.807, 2.05) is 18.2 Å². The monoisotopic (exact) mass is 335 g/mol. The zero-order valence-electron chi connectivity index (χ0n) is 15.6. The van der Waals surface area contributed by atoms with Gasteiger partial charge in [0.05, 0.1) is 20.3 Å². The highest BCUT2D eigenvalue weighted by Gasteiger charge is 2.14. The lowest BCUT2D eigenvalue weighted by molar-refractivity contribution is 0.0994. The van der Waals surface area contributed by atoms with Gasteiger partial charge in [-0.05, 0) is 49.4 Å². The summed E-state index contributed by atoms with van der Waals surface area (Å²) < 4.78 is 10.7. The summed E-state index contributed by atoms with van der Waals surface area (Å²) in [6.45, 7) is 10.6. The third-order valence-electron chi connectivity index (χ3n) is 4.05. The predicted octanol–water partition coefficient (Wildman–Crippen LogP) is 3.88. The number of aliphatic hydroxyl groups is 1. The Kier molecular flexibility index (Phi) is 9.50. The fraction of sp³-hybridized carbons (Fsp3) is 0.600. The van der Waals surface area contributed by atoms with Gasteiger partial charge in [-0.2, -0.15) is 0 Å². The van der Waals surface area contributed by atoms with E-state index in [0.29, 0.717) is 12.5 Å². The molecule has 0 aliphatic carbocycles. The summed E-state index contributed by atoms with van der Waals surface area (Å²) in [6, 6.07) is 6.00. The first-order valence-corrected chi connectivity index (χ1v) is 8.72. The zero-order valence-corrected chi connectivity index (χ0v) is 15.6. The lowest BCUT2D eigenvalue weighted by atomic mass is 10.1. The van der Waals surface area contributed by atoms with Crippen LogP contribution in [0.3, 0.4) is 0 Å². The van der Waals surface area contributed by atoms with Crippen LogP contribution in [-0.4, -0.2) is 43.4 Å². The summed E-state index contributed by atoms with van der Waals surface area (Å²) in [7, 11) is 3.29. The molecule has 1 rings (SSSR count). The molecule has 136 valence electrons. The molecular weight excluding hydrogens is 302 g/mol. The Balaban J connectivity index is 2.77. The van der Waals surface area contributed by atoms with E-state index in [1.165, 1.54) is 0 Å². The molecule has 4 heteroatoms.